The van der Waals surface area contributed by atoms with Gasteiger partial charge in [0.25, 0.3) is 0 Å². The molecule has 0 aliphatic rings. The standard InChI is InChI=1S/C15H19NO9S/c1-8(17)22-6-5-12(23-9(2)18)13(24-10(3)19)14(25-11(4)20)15(21)16-7-26/h12,15,21H,5-6H2,1-4H3/b14-13-. The van der Waals surface area contributed by atoms with Gasteiger partial charge in [-0.05, 0) is 12.2 Å². The van der Waals surface area contributed by atoms with E-state index in [9.17, 15) is 24.3 Å². The molecular weight excluding hydrogens is 370 g/mol. The Hall–Kier alpha value is -2.62. The molecule has 0 aliphatic heterocycles. The first-order valence-corrected chi connectivity index (χ1v) is 7.65. The summed E-state index contributed by atoms with van der Waals surface area (Å²) in [6.45, 7) is 4.11. The molecule has 2 unspecified atom stereocenters. The van der Waals surface area contributed by atoms with E-state index in [1.54, 1.807) is 0 Å². The average Bonchev–Trinajstić information content (AvgIpc) is 2.48. The first-order valence-electron chi connectivity index (χ1n) is 7.25. The first kappa shape index (κ1) is 23.4. The minimum atomic E-state index is -1.85. The molecule has 144 valence electrons. The van der Waals surface area contributed by atoms with E-state index in [0.29, 0.717) is 0 Å². The van der Waals surface area contributed by atoms with Crippen LogP contribution in [-0.2, 0) is 38.1 Å². The molecule has 11 heteroatoms. The third-order valence-corrected chi connectivity index (χ3v) is 2.55. The second-order valence-corrected chi connectivity index (χ2v) is 4.92. The molecule has 10 nitrogen and oxygen atoms in total. The average molecular weight is 389 g/mol. The molecule has 0 aromatic carbocycles. The first-order chi connectivity index (χ1) is 12.1. The fourth-order valence-corrected chi connectivity index (χ4v) is 1.78. The number of carbonyl (C=O) groups excluding carboxylic acids is 4. The fourth-order valence-electron chi connectivity index (χ4n) is 1.68. The van der Waals surface area contributed by atoms with Crippen molar-refractivity contribution in [3.05, 3.63) is 11.5 Å². The van der Waals surface area contributed by atoms with Crippen molar-refractivity contribution < 1.29 is 43.2 Å². The molecule has 0 radical (unpaired) electrons. The summed E-state index contributed by atoms with van der Waals surface area (Å²) < 4.78 is 19.6. The molecule has 0 amide bonds. The molecule has 0 aromatic heterocycles. The number of thiocarbonyl (C=S) groups is 1. The van der Waals surface area contributed by atoms with Crippen molar-refractivity contribution in [3.63, 3.8) is 0 Å². The lowest BCUT2D eigenvalue weighted by atomic mass is 10.1. The van der Waals surface area contributed by atoms with Crippen molar-refractivity contribution in [1.82, 2.24) is 0 Å². The van der Waals surface area contributed by atoms with Crippen molar-refractivity contribution in [3.8, 4) is 0 Å². The maximum absolute atomic E-state index is 11.4. The van der Waals surface area contributed by atoms with Gasteiger partial charge in [-0.3, -0.25) is 19.2 Å². The van der Waals surface area contributed by atoms with E-state index in [1.165, 1.54) is 6.92 Å². The molecule has 0 saturated carbocycles. The van der Waals surface area contributed by atoms with Crippen molar-refractivity contribution in [2.24, 2.45) is 4.99 Å². The van der Waals surface area contributed by atoms with Crippen molar-refractivity contribution in [1.29, 1.82) is 0 Å². The van der Waals surface area contributed by atoms with Crippen LogP contribution in [0.3, 0.4) is 0 Å². The lowest BCUT2D eigenvalue weighted by molar-refractivity contribution is -0.154. The quantitative estimate of drug-likeness (QED) is 0.196. The highest BCUT2D eigenvalue weighted by Crippen LogP contribution is 2.22. The van der Waals surface area contributed by atoms with Crippen LogP contribution in [0.15, 0.2) is 16.5 Å². The Balaban J connectivity index is 6.09. The van der Waals surface area contributed by atoms with E-state index >= 15 is 0 Å². The largest absolute Gasteiger partial charge is 0.466 e. The zero-order valence-electron chi connectivity index (χ0n) is 14.6. The second kappa shape index (κ2) is 11.9. The Morgan fingerprint density at radius 2 is 1.50 bits per heavy atom. The summed E-state index contributed by atoms with van der Waals surface area (Å²) in [5, 5.41) is 11.9. The molecule has 0 heterocycles. The number of aliphatic hydroxyl groups is 1. The predicted octanol–water partition coefficient (Wildman–Crippen LogP) is 0.630. The van der Waals surface area contributed by atoms with E-state index in [4.69, 9.17) is 18.9 Å². The number of rotatable bonds is 9. The summed E-state index contributed by atoms with van der Waals surface area (Å²) in [6, 6.07) is 0. The molecule has 2 atom stereocenters. The second-order valence-electron chi connectivity index (χ2n) is 4.74. The zero-order valence-corrected chi connectivity index (χ0v) is 15.5. The maximum Gasteiger partial charge on any atom is 0.307 e. The van der Waals surface area contributed by atoms with Gasteiger partial charge < -0.3 is 24.1 Å². The molecule has 0 rings (SSSR count). The predicted molar refractivity (Wildman–Crippen MR) is 88.4 cm³/mol. The monoisotopic (exact) mass is 389 g/mol. The Labute approximate surface area is 154 Å². The van der Waals surface area contributed by atoms with Gasteiger partial charge in [-0.25, -0.2) is 0 Å². The molecule has 0 spiro atoms. The van der Waals surface area contributed by atoms with Crippen LogP contribution in [0.4, 0.5) is 0 Å². The molecule has 0 aromatic rings. The number of nitrogens with zero attached hydrogens (tertiary/aromatic N) is 1. The van der Waals surface area contributed by atoms with Gasteiger partial charge in [-0.1, -0.05) is 0 Å². The maximum atomic E-state index is 11.4. The van der Waals surface area contributed by atoms with Crippen LogP contribution in [0.5, 0.6) is 0 Å². The van der Waals surface area contributed by atoms with Crippen LogP contribution in [0.25, 0.3) is 0 Å². The number of carbonyl (C=O) groups is 4. The van der Waals surface area contributed by atoms with E-state index in [0.717, 1.165) is 20.8 Å². The Kier molecular flexibility index (Phi) is 10.7. The lowest BCUT2D eigenvalue weighted by Gasteiger charge is -2.22. The summed E-state index contributed by atoms with van der Waals surface area (Å²) in [4.78, 5) is 48.4. The van der Waals surface area contributed by atoms with Gasteiger partial charge in [0.05, 0.1) is 11.8 Å². The van der Waals surface area contributed by atoms with Gasteiger partial charge in [-0.2, -0.15) is 4.99 Å². The normalized spacial score (nSPS) is 13.3. The summed E-state index contributed by atoms with van der Waals surface area (Å²) >= 11 is 4.38. The number of aliphatic hydroxyl groups excluding tert-OH is 1. The van der Waals surface area contributed by atoms with Crippen LogP contribution in [0.1, 0.15) is 34.1 Å². The molecule has 26 heavy (non-hydrogen) atoms. The van der Waals surface area contributed by atoms with Crippen LogP contribution < -0.4 is 0 Å². The molecule has 0 aliphatic carbocycles. The summed E-state index contributed by atoms with van der Waals surface area (Å²) in [6.07, 6.45) is -3.32. The number of ether oxygens (including phenoxy) is 4. The van der Waals surface area contributed by atoms with Crippen LogP contribution in [-0.4, -0.2) is 53.1 Å². The van der Waals surface area contributed by atoms with Gasteiger partial charge >= 0.3 is 23.9 Å². The highest BCUT2D eigenvalue weighted by molar-refractivity contribution is 7.78. The van der Waals surface area contributed by atoms with Crippen LogP contribution >= 0.6 is 12.2 Å². The molecule has 0 bridgehead atoms. The van der Waals surface area contributed by atoms with Gasteiger partial charge in [0.1, 0.15) is 0 Å². The number of aliphatic imine (C=N–C) groups is 1. The van der Waals surface area contributed by atoms with Crippen molar-refractivity contribution in [2.45, 2.75) is 46.4 Å². The smallest absolute Gasteiger partial charge is 0.307 e. The SMILES string of the molecule is CC(=O)OCCC(OC(C)=O)/C(OC(C)=O)=C(/OC(C)=O)C(O)N=C=S. The Morgan fingerprint density at radius 1 is 0.962 bits per heavy atom. The topological polar surface area (TPSA) is 138 Å². The van der Waals surface area contributed by atoms with E-state index < -0.39 is 47.7 Å². The van der Waals surface area contributed by atoms with Gasteiger partial charge in [0, 0.05) is 34.1 Å². The third-order valence-electron chi connectivity index (χ3n) is 2.45. The Bertz CT molecular complexity index is 637. The summed E-state index contributed by atoms with van der Waals surface area (Å²) in [5.74, 6) is -4.18. The zero-order chi connectivity index (χ0) is 20.3. The fraction of sp³-hybridized carbons (Fsp3) is 0.533. The highest BCUT2D eigenvalue weighted by Gasteiger charge is 2.31. The molecule has 0 fully saturated rings. The lowest BCUT2D eigenvalue weighted by Crippen LogP contribution is -2.29. The highest BCUT2D eigenvalue weighted by atomic mass is 32.1. The summed E-state index contributed by atoms with van der Waals surface area (Å²) in [7, 11) is 0. The van der Waals surface area contributed by atoms with E-state index in [-0.39, 0.29) is 13.0 Å². The third kappa shape index (κ3) is 9.62. The number of esters is 4. The van der Waals surface area contributed by atoms with Gasteiger partial charge in [-0.15, -0.1) is 0 Å². The molecular formula is C15H19NO9S. The molecule has 1 N–H and O–H groups in total. The van der Waals surface area contributed by atoms with Crippen molar-refractivity contribution >= 4 is 41.3 Å². The number of isothiocyanates is 1. The summed E-state index contributed by atoms with van der Waals surface area (Å²) in [5.41, 5.74) is 0. The number of hydrogen-bond donors (Lipinski definition) is 1. The van der Waals surface area contributed by atoms with Crippen LogP contribution in [0.2, 0.25) is 0 Å². The number of hydrogen-bond acceptors (Lipinski definition) is 11. The Morgan fingerprint density at radius 3 is 1.92 bits per heavy atom. The minimum absolute atomic E-state index is 0.152. The van der Waals surface area contributed by atoms with Crippen LogP contribution in [0, 0.1) is 0 Å². The van der Waals surface area contributed by atoms with E-state index in [1.807, 2.05) is 5.16 Å². The van der Waals surface area contributed by atoms with Crippen molar-refractivity contribution in [2.75, 3.05) is 6.61 Å². The van der Waals surface area contributed by atoms with E-state index in [2.05, 4.69) is 17.2 Å². The minimum Gasteiger partial charge on any atom is -0.466 e. The molecule has 0 saturated heterocycles. The van der Waals surface area contributed by atoms with Gasteiger partial charge in [0.2, 0.25) is 12.0 Å². The van der Waals surface area contributed by atoms with Gasteiger partial charge in [0.15, 0.2) is 11.9 Å².